The average molecular weight is 304 g/mol. The van der Waals surface area contributed by atoms with Gasteiger partial charge < -0.3 is 6.15 Å². The molecule has 0 aromatic heterocycles. The van der Waals surface area contributed by atoms with E-state index in [2.05, 4.69) is 3.66 Å². The van der Waals surface area contributed by atoms with Crippen molar-refractivity contribution in [3.63, 3.8) is 0 Å². The number of rotatable bonds is 1. The Morgan fingerprint density at radius 1 is 1.07 bits per heavy atom. The average Bonchev–Trinajstić information content (AvgIpc) is 1.82. The van der Waals surface area contributed by atoms with Gasteiger partial charge in [-0.2, -0.15) is 0 Å². The predicted octanol–water partition coefficient (Wildman–Crippen LogP) is -2.60. The monoisotopic (exact) mass is 304 g/mol. The van der Waals surface area contributed by atoms with Crippen LogP contribution >= 0.6 is 0 Å². The van der Waals surface area contributed by atoms with Gasteiger partial charge in [-0.15, -0.1) is 0 Å². The summed E-state index contributed by atoms with van der Waals surface area (Å²) in [4.78, 5) is 19.1. The van der Waals surface area contributed by atoms with Crippen LogP contribution in [0.25, 0.3) is 0 Å². The van der Waals surface area contributed by atoms with Crippen LogP contribution in [0.3, 0.4) is 0 Å². The number of carbonyl (C=O) groups excluding carboxylic acids is 2. The second-order valence-electron chi connectivity index (χ2n) is 1.49. The molecule has 13 heteroatoms. The van der Waals surface area contributed by atoms with Crippen molar-refractivity contribution in [3.05, 3.63) is 0 Å². The summed E-state index contributed by atoms with van der Waals surface area (Å²) >= 11 is -9.61. The van der Waals surface area contributed by atoms with Crippen LogP contribution in [0.1, 0.15) is 0 Å². The topological polar surface area (TPSA) is 205 Å². The van der Waals surface area contributed by atoms with Gasteiger partial charge in [0.2, 0.25) is 0 Å². The summed E-state index contributed by atoms with van der Waals surface area (Å²) in [7, 11) is 0. The van der Waals surface area contributed by atoms with Gasteiger partial charge in [-0.25, -0.2) is 0 Å². The summed E-state index contributed by atoms with van der Waals surface area (Å²) < 4.78 is 56.1. The zero-order valence-electron chi connectivity index (χ0n) is 6.98. The van der Waals surface area contributed by atoms with E-state index in [1.807, 2.05) is 0 Å². The molecule has 0 unspecified atom stereocenters. The SMILES string of the molecule is [NH4+].[O]=[V](=[O])(=[O])(=[O])=[O].[O]=[V][O]C(=O)C(=O)[O-]. The van der Waals surface area contributed by atoms with Crippen molar-refractivity contribution in [2.75, 3.05) is 0 Å². The van der Waals surface area contributed by atoms with Crippen molar-refractivity contribution in [1.29, 1.82) is 0 Å². The molecule has 0 heterocycles. The quantitative estimate of drug-likeness (QED) is 0.499. The van der Waals surface area contributed by atoms with E-state index in [-0.39, 0.29) is 6.15 Å². The number of hydrogen-bond donors (Lipinski definition) is 1. The molecule has 0 rings (SSSR count). The first kappa shape index (κ1) is 19.4. The Kier molecular flexibility index (Phi) is 8.26. The third kappa shape index (κ3) is 44.1. The van der Waals surface area contributed by atoms with E-state index >= 15 is 0 Å². The second kappa shape index (κ2) is 6.37. The zero-order chi connectivity index (χ0) is 12.0. The molecule has 0 aliphatic carbocycles. The van der Waals surface area contributed by atoms with Gasteiger partial charge in [0.15, 0.2) is 0 Å². The summed E-state index contributed by atoms with van der Waals surface area (Å²) in [5.41, 5.74) is 0. The van der Waals surface area contributed by atoms with E-state index < -0.39 is 41.1 Å². The van der Waals surface area contributed by atoms with Crippen LogP contribution in [-0.2, 0) is 64.5 Å². The Morgan fingerprint density at radius 3 is 1.40 bits per heavy atom. The third-order valence-electron chi connectivity index (χ3n) is 0.287. The molecule has 0 atom stereocenters. The van der Waals surface area contributed by atoms with Crippen LogP contribution in [0.5, 0.6) is 0 Å². The van der Waals surface area contributed by atoms with Gasteiger partial charge in [-0.1, -0.05) is 0 Å². The maximum atomic E-state index is 9.68. The minimum atomic E-state index is -7.74. The molecule has 4 N–H and O–H groups in total. The molecular weight excluding hydrogens is 300 g/mol. The van der Waals surface area contributed by atoms with E-state index in [1.165, 1.54) is 0 Å². The molecule has 11 nitrogen and oxygen atoms in total. The molecule has 0 aliphatic heterocycles. The first-order chi connectivity index (χ1) is 5.92. The van der Waals surface area contributed by atoms with E-state index in [1.54, 1.807) is 0 Å². The van der Waals surface area contributed by atoms with Crippen molar-refractivity contribution in [2.45, 2.75) is 0 Å². The van der Waals surface area contributed by atoms with Gasteiger partial charge in [0.1, 0.15) is 0 Å². The third-order valence-corrected chi connectivity index (χ3v) is 0.662. The zero-order valence-corrected chi connectivity index (χ0v) is 9.77. The van der Waals surface area contributed by atoms with E-state index in [9.17, 15) is 18.4 Å². The molecule has 0 radical (unpaired) electrons. The van der Waals surface area contributed by atoms with Gasteiger partial charge >= 0.3 is 81.6 Å². The molecule has 0 aromatic rings. The summed E-state index contributed by atoms with van der Waals surface area (Å²) in [6.45, 7) is 0. The Balaban J connectivity index is -0.000000187. The normalized spacial score (nSPS) is 8.00. The molecule has 0 aromatic carbocycles. The maximum absolute atomic E-state index is 9.68. The van der Waals surface area contributed by atoms with Gasteiger partial charge in [0.05, 0.1) is 0 Å². The van der Waals surface area contributed by atoms with Gasteiger partial charge in [0, 0.05) is 0 Å². The number of quaternary nitrogens is 1. The van der Waals surface area contributed by atoms with E-state index in [0.29, 0.717) is 0 Å². The standard InChI is InChI=1S/C2H2O4.H3N.6O.2V/c3-1(4)2(5)6;;;;;;;;;/h(H,3,4)(H,5,6);1H3;;;;;;;;/q;;;;;;;;;+1/p-1. The molecule has 0 amide bonds. The molecule has 0 saturated carbocycles. The molecule has 0 spiro atoms. The number of carbonyl (C=O) groups is 2. The molecule has 87 valence electrons. The van der Waals surface area contributed by atoms with Crippen LogP contribution in [-0.4, -0.2) is 11.9 Å². The van der Waals surface area contributed by atoms with Crippen LogP contribution in [0.4, 0.5) is 0 Å². The summed E-state index contributed by atoms with van der Waals surface area (Å²) in [5.74, 6) is -3.56. The van der Waals surface area contributed by atoms with Gasteiger partial charge in [-0.3, -0.25) is 0 Å². The first-order valence-corrected chi connectivity index (χ1v) is 6.34. The van der Waals surface area contributed by atoms with Gasteiger partial charge in [-0.05, 0) is 0 Å². The number of carboxylic acid groups (broad SMARTS) is 1. The Bertz CT molecular complexity index is 510. The van der Waals surface area contributed by atoms with Crippen molar-refractivity contribution < 1.29 is 69.6 Å². The van der Waals surface area contributed by atoms with Crippen molar-refractivity contribution in [2.24, 2.45) is 0 Å². The Morgan fingerprint density at radius 2 is 1.33 bits per heavy atom. The fraction of sp³-hybridized carbons (Fsp3) is 0. The number of aliphatic carboxylic acids is 1. The minimum absolute atomic E-state index is 0. The van der Waals surface area contributed by atoms with Crippen molar-refractivity contribution in [3.8, 4) is 0 Å². The summed E-state index contributed by atoms with van der Waals surface area (Å²) in [6, 6.07) is 0. The first-order valence-electron chi connectivity index (χ1n) is 2.34. The molecule has 0 aliphatic rings. The van der Waals surface area contributed by atoms with Crippen molar-refractivity contribution in [1.82, 2.24) is 6.15 Å². The molecule has 0 fully saturated rings. The summed E-state index contributed by atoms with van der Waals surface area (Å²) in [5, 5.41) is 9.38. The number of hydrogen-bond acceptors (Lipinski definition) is 10. The van der Waals surface area contributed by atoms with Gasteiger partial charge in [0.25, 0.3) is 0 Å². The van der Waals surface area contributed by atoms with E-state index in [0.717, 1.165) is 0 Å². The van der Waals surface area contributed by atoms with E-state index in [4.69, 9.17) is 18.4 Å². The fourth-order valence-electron chi connectivity index (χ4n) is 0.0711. The fourth-order valence-corrected chi connectivity index (χ4v) is 0.293. The number of carboxylic acids is 1. The van der Waals surface area contributed by atoms with Crippen molar-refractivity contribution >= 4 is 11.9 Å². The Labute approximate surface area is 87.9 Å². The predicted molar refractivity (Wildman–Crippen MR) is 21.2 cm³/mol. The molecule has 0 bridgehead atoms. The van der Waals surface area contributed by atoms with Crippen LogP contribution in [0.15, 0.2) is 0 Å². The van der Waals surface area contributed by atoms with Crippen LogP contribution in [0, 0.1) is 0 Å². The molecule has 0 saturated heterocycles. The Hall–Kier alpha value is -1.13. The molecular formula is C2H4NO10V2. The van der Waals surface area contributed by atoms with Crippen LogP contribution in [0.2, 0.25) is 0 Å². The second-order valence-corrected chi connectivity index (χ2v) is 4.33. The molecule has 15 heavy (non-hydrogen) atoms. The van der Waals surface area contributed by atoms with Crippen LogP contribution < -0.4 is 11.3 Å². The summed E-state index contributed by atoms with van der Waals surface area (Å²) in [6.07, 6.45) is 0.